The van der Waals surface area contributed by atoms with E-state index in [1.807, 2.05) is 13.8 Å². The first-order chi connectivity index (χ1) is 8.95. The van der Waals surface area contributed by atoms with E-state index in [2.05, 4.69) is 15.3 Å². The van der Waals surface area contributed by atoms with Gasteiger partial charge in [-0.25, -0.2) is 9.78 Å². The van der Waals surface area contributed by atoms with E-state index in [4.69, 9.17) is 4.74 Å². The van der Waals surface area contributed by atoms with E-state index >= 15 is 0 Å². The number of nitrogens with zero attached hydrogens (tertiary/aromatic N) is 2. The van der Waals surface area contributed by atoms with Crippen LogP contribution < -0.4 is 10.1 Å². The van der Waals surface area contributed by atoms with E-state index in [-0.39, 0.29) is 5.92 Å². The zero-order valence-electron chi connectivity index (χ0n) is 11.4. The van der Waals surface area contributed by atoms with Crippen molar-refractivity contribution in [3.63, 3.8) is 0 Å². The summed E-state index contributed by atoms with van der Waals surface area (Å²) in [7, 11) is 0. The molecule has 0 spiro atoms. The van der Waals surface area contributed by atoms with Gasteiger partial charge in [0.1, 0.15) is 5.54 Å². The molecule has 0 aromatic carbocycles. The first-order valence-electron chi connectivity index (χ1n) is 6.45. The smallest absolute Gasteiger partial charge is 0.329 e. The fourth-order valence-corrected chi connectivity index (χ4v) is 2.04. The highest BCUT2D eigenvalue weighted by Gasteiger charge is 2.48. The Balaban J connectivity index is 2.23. The van der Waals surface area contributed by atoms with Gasteiger partial charge in [-0.2, -0.15) is 4.98 Å². The molecule has 1 aromatic heterocycles. The van der Waals surface area contributed by atoms with E-state index < -0.39 is 11.5 Å². The number of hydrogen-bond acceptors (Lipinski definition) is 5. The number of nitrogens with one attached hydrogen (secondary N) is 1. The highest BCUT2D eigenvalue weighted by atomic mass is 16.5. The second-order valence-corrected chi connectivity index (χ2v) is 5.01. The Bertz CT molecular complexity index is 488. The maximum atomic E-state index is 11.5. The number of hydrogen-bond donors (Lipinski definition) is 2. The zero-order valence-corrected chi connectivity index (χ0v) is 11.4. The van der Waals surface area contributed by atoms with E-state index in [1.54, 1.807) is 13.0 Å². The second kappa shape index (κ2) is 5.03. The van der Waals surface area contributed by atoms with Crippen LogP contribution in [0.1, 0.15) is 32.4 Å². The minimum Gasteiger partial charge on any atom is -0.480 e. The third-order valence-electron chi connectivity index (χ3n) is 3.33. The predicted octanol–water partition coefficient (Wildman–Crippen LogP) is 1.85. The molecule has 0 radical (unpaired) electrons. The standard InChI is InChI=1S/C13H19N3O3/c1-4-19-10-7-8(2)14-12(15-10)16-13(3,11(17)18)9-5-6-9/h7,9H,4-6H2,1-3H3,(H,17,18)(H,14,15,16). The molecule has 1 atom stereocenters. The maximum absolute atomic E-state index is 11.5. The van der Waals surface area contributed by atoms with Gasteiger partial charge in [0.05, 0.1) is 6.61 Å². The van der Waals surface area contributed by atoms with E-state index in [0.717, 1.165) is 18.5 Å². The molecule has 0 aliphatic heterocycles. The molecular formula is C13H19N3O3. The van der Waals surface area contributed by atoms with Crippen molar-refractivity contribution in [2.45, 2.75) is 39.2 Å². The van der Waals surface area contributed by atoms with Crippen LogP contribution in [-0.2, 0) is 4.79 Å². The van der Waals surface area contributed by atoms with Crippen LogP contribution in [0.5, 0.6) is 5.88 Å². The van der Waals surface area contributed by atoms with Gasteiger partial charge in [-0.05, 0) is 39.5 Å². The number of carboxylic acid groups (broad SMARTS) is 1. The molecule has 0 amide bonds. The van der Waals surface area contributed by atoms with Crippen LogP contribution in [-0.4, -0.2) is 33.2 Å². The van der Waals surface area contributed by atoms with Crippen molar-refractivity contribution in [1.29, 1.82) is 0 Å². The van der Waals surface area contributed by atoms with Crippen molar-refractivity contribution in [3.05, 3.63) is 11.8 Å². The lowest BCUT2D eigenvalue weighted by Crippen LogP contribution is -2.46. The molecule has 1 saturated carbocycles. The number of aromatic nitrogens is 2. The fraction of sp³-hybridized carbons (Fsp3) is 0.615. The Hall–Kier alpha value is -1.85. The van der Waals surface area contributed by atoms with Gasteiger partial charge < -0.3 is 15.2 Å². The Morgan fingerprint density at radius 1 is 1.58 bits per heavy atom. The Kier molecular flexibility index (Phi) is 3.59. The van der Waals surface area contributed by atoms with Crippen LogP contribution in [0.25, 0.3) is 0 Å². The number of anilines is 1. The summed E-state index contributed by atoms with van der Waals surface area (Å²) in [5.41, 5.74) is -0.276. The molecule has 6 heteroatoms. The molecule has 1 heterocycles. The van der Waals surface area contributed by atoms with Gasteiger partial charge in [0.25, 0.3) is 0 Å². The first-order valence-corrected chi connectivity index (χ1v) is 6.45. The largest absolute Gasteiger partial charge is 0.480 e. The monoisotopic (exact) mass is 265 g/mol. The predicted molar refractivity (Wildman–Crippen MR) is 70.3 cm³/mol. The van der Waals surface area contributed by atoms with Crippen LogP contribution in [0.4, 0.5) is 5.95 Å². The van der Waals surface area contributed by atoms with Crippen LogP contribution in [0.15, 0.2) is 6.07 Å². The summed E-state index contributed by atoms with van der Waals surface area (Å²) in [6, 6.07) is 1.73. The van der Waals surface area contributed by atoms with Crippen LogP contribution in [0, 0.1) is 12.8 Å². The topological polar surface area (TPSA) is 84.3 Å². The van der Waals surface area contributed by atoms with Gasteiger partial charge in [-0.1, -0.05) is 0 Å². The fourth-order valence-electron chi connectivity index (χ4n) is 2.04. The molecule has 6 nitrogen and oxygen atoms in total. The molecule has 0 bridgehead atoms. The lowest BCUT2D eigenvalue weighted by atomic mass is 9.96. The molecule has 1 fully saturated rings. The molecule has 1 aliphatic carbocycles. The summed E-state index contributed by atoms with van der Waals surface area (Å²) in [5.74, 6) is 0.0176. The number of rotatable bonds is 6. The van der Waals surface area contributed by atoms with Gasteiger partial charge in [0.15, 0.2) is 0 Å². The van der Waals surface area contributed by atoms with Crippen LogP contribution >= 0.6 is 0 Å². The summed E-state index contributed by atoms with van der Waals surface area (Å²) >= 11 is 0. The summed E-state index contributed by atoms with van der Waals surface area (Å²) in [4.78, 5) is 19.9. The van der Waals surface area contributed by atoms with Gasteiger partial charge in [-0.3, -0.25) is 0 Å². The third-order valence-corrected chi connectivity index (χ3v) is 3.33. The SMILES string of the molecule is CCOc1cc(C)nc(NC(C)(C(=O)O)C2CC2)n1. The normalized spacial score (nSPS) is 17.6. The quantitative estimate of drug-likeness (QED) is 0.816. The number of carbonyl (C=O) groups is 1. The summed E-state index contributed by atoms with van der Waals surface area (Å²) in [5, 5.41) is 12.4. The molecule has 2 rings (SSSR count). The zero-order chi connectivity index (χ0) is 14.0. The van der Waals surface area contributed by atoms with Crippen LogP contribution in [0.2, 0.25) is 0 Å². The first kappa shape index (κ1) is 13.6. The molecule has 104 valence electrons. The molecule has 1 unspecified atom stereocenters. The third kappa shape index (κ3) is 2.94. The van der Waals surface area contributed by atoms with Crippen molar-refractivity contribution >= 4 is 11.9 Å². The van der Waals surface area contributed by atoms with Gasteiger partial charge in [0.2, 0.25) is 11.8 Å². The number of aryl methyl sites for hydroxylation is 1. The number of ether oxygens (including phenoxy) is 1. The second-order valence-electron chi connectivity index (χ2n) is 5.01. The summed E-state index contributed by atoms with van der Waals surface area (Å²) in [6.45, 7) is 5.88. The minimum atomic E-state index is -1.02. The highest BCUT2D eigenvalue weighted by molar-refractivity contribution is 5.82. The van der Waals surface area contributed by atoms with Gasteiger partial charge >= 0.3 is 5.97 Å². The van der Waals surface area contributed by atoms with E-state index in [1.165, 1.54) is 0 Å². The molecule has 2 N–H and O–H groups in total. The molecule has 1 aliphatic rings. The maximum Gasteiger partial charge on any atom is 0.329 e. The lowest BCUT2D eigenvalue weighted by molar-refractivity contribution is -0.142. The summed E-state index contributed by atoms with van der Waals surface area (Å²) < 4.78 is 5.34. The Morgan fingerprint density at radius 2 is 2.26 bits per heavy atom. The molecule has 19 heavy (non-hydrogen) atoms. The van der Waals surface area contributed by atoms with E-state index in [9.17, 15) is 9.90 Å². The Labute approximate surface area is 112 Å². The minimum absolute atomic E-state index is 0.129. The van der Waals surface area contributed by atoms with E-state index in [0.29, 0.717) is 18.4 Å². The molecular weight excluding hydrogens is 246 g/mol. The van der Waals surface area contributed by atoms with Gasteiger partial charge in [-0.15, -0.1) is 0 Å². The number of carboxylic acids is 1. The summed E-state index contributed by atoms with van der Waals surface area (Å²) in [6.07, 6.45) is 1.83. The van der Waals surface area contributed by atoms with Gasteiger partial charge in [0, 0.05) is 11.8 Å². The van der Waals surface area contributed by atoms with Crippen molar-refractivity contribution in [1.82, 2.24) is 9.97 Å². The molecule has 0 saturated heterocycles. The average molecular weight is 265 g/mol. The van der Waals surface area contributed by atoms with Crippen molar-refractivity contribution in [2.24, 2.45) is 5.92 Å². The average Bonchev–Trinajstić information content (AvgIpc) is 3.11. The van der Waals surface area contributed by atoms with Crippen molar-refractivity contribution in [3.8, 4) is 5.88 Å². The van der Waals surface area contributed by atoms with Crippen LogP contribution in [0.3, 0.4) is 0 Å². The van der Waals surface area contributed by atoms with Crippen molar-refractivity contribution < 1.29 is 14.6 Å². The lowest BCUT2D eigenvalue weighted by Gasteiger charge is -2.26. The highest BCUT2D eigenvalue weighted by Crippen LogP contribution is 2.41. The molecule has 1 aromatic rings. The Morgan fingerprint density at radius 3 is 2.79 bits per heavy atom. The number of aliphatic carboxylic acids is 1. The van der Waals surface area contributed by atoms with Crippen molar-refractivity contribution in [2.75, 3.05) is 11.9 Å².